The molecule has 32 heavy (non-hydrogen) atoms. The number of carbonyl (C=O) groups is 1. The van der Waals surface area contributed by atoms with E-state index in [2.05, 4.69) is 40.2 Å². The predicted molar refractivity (Wildman–Crippen MR) is 128 cm³/mol. The largest absolute Gasteiger partial charge is 0.337 e. The van der Waals surface area contributed by atoms with Crippen molar-refractivity contribution in [3.05, 3.63) is 87.1 Å². The van der Waals surface area contributed by atoms with Crippen LogP contribution in [-0.4, -0.2) is 53.4 Å². The van der Waals surface area contributed by atoms with Crippen molar-refractivity contribution in [2.24, 2.45) is 0 Å². The van der Waals surface area contributed by atoms with Crippen LogP contribution in [0.25, 0.3) is 0 Å². The quantitative estimate of drug-likeness (QED) is 0.509. The fraction of sp³-hybridized carbons (Fsp3) is 0.385. The van der Waals surface area contributed by atoms with Crippen molar-refractivity contribution < 1.29 is 9.18 Å². The van der Waals surface area contributed by atoms with Gasteiger partial charge in [-0.1, -0.05) is 42.5 Å². The predicted octanol–water partition coefficient (Wildman–Crippen LogP) is 4.96. The van der Waals surface area contributed by atoms with Crippen molar-refractivity contribution in [2.45, 2.75) is 32.6 Å². The third-order valence-corrected chi connectivity index (χ3v) is 7.11. The second kappa shape index (κ2) is 10.8. The summed E-state index contributed by atoms with van der Waals surface area (Å²) in [5.74, 6) is -0.147. The van der Waals surface area contributed by atoms with E-state index in [4.69, 9.17) is 0 Å². The maximum absolute atomic E-state index is 13.2. The summed E-state index contributed by atoms with van der Waals surface area (Å²) in [7, 11) is 0. The van der Waals surface area contributed by atoms with E-state index in [1.165, 1.54) is 29.0 Å². The number of nitrogens with zero attached hydrogens (tertiary/aromatic N) is 3. The normalized spacial score (nSPS) is 15.0. The van der Waals surface area contributed by atoms with Gasteiger partial charge in [0.1, 0.15) is 10.7 Å². The Morgan fingerprint density at radius 1 is 1.00 bits per heavy atom. The minimum Gasteiger partial charge on any atom is -0.337 e. The second-order valence-electron chi connectivity index (χ2n) is 8.40. The van der Waals surface area contributed by atoms with Crippen LogP contribution in [0.5, 0.6) is 0 Å². The summed E-state index contributed by atoms with van der Waals surface area (Å²) in [4.78, 5) is 23.0. The zero-order valence-corrected chi connectivity index (χ0v) is 19.4. The maximum Gasteiger partial charge on any atom is 0.265 e. The molecule has 0 bridgehead atoms. The van der Waals surface area contributed by atoms with Crippen molar-refractivity contribution in [3.63, 3.8) is 0 Å². The standard InChI is InChI=1S/C26H30FN3OS/c1-20-25(32-24(28-20)19-22-10-12-23(27)13-11-22)26(31)30-16-6-15-29(17-18-30)14-5-9-21-7-3-2-4-8-21/h2-4,7-8,10-13H,5-6,9,14-19H2,1H3. The van der Waals surface area contributed by atoms with Gasteiger partial charge in [0.25, 0.3) is 5.91 Å². The number of benzene rings is 2. The molecular weight excluding hydrogens is 421 g/mol. The Morgan fingerprint density at radius 3 is 2.56 bits per heavy atom. The van der Waals surface area contributed by atoms with Crippen LogP contribution in [-0.2, 0) is 12.8 Å². The van der Waals surface area contributed by atoms with Gasteiger partial charge in [-0.3, -0.25) is 4.79 Å². The lowest BCUT2D eigenvalue weighted by molar-refractivity contribution is 0.0765. The molecule has 2 aromatic carbocycles. The van der Waals surface area contributed by atoms with E-state index < -0.39 is 0 Å². The van der Waals surface area contributed by atoms with E-state index in [-0.39, 0.29) is 11.7 Å². The number of carbonyl (C=O) groups excluding carboxylic acids is 1. The minimum absolute atomic E-state index is 0.0940. The van der Waals surface area contributed by atoms with Gasteiger partial charge in [0.05, 0.1) is 10.7 Å². The first-order valence-corrected chi connectivity index (χ1v) is 12.2. The van der Waals surface area contributed by atoms with E-state index in [0.717, 1.165) is 73.1 Å². The molecule has 1 aliphatic heterocycles. The molecule has 2 heterocycles. The molecule has 0 aliphatic carbocycles. The zero-order valence-electron chi connectivity index (χ0n) is 18.6. The lowest BCUT2D eigenvalue weighted by atomic mass is 10.1. The first-order valence-electron chi connectivity index (χ1n) is 11.3. The Balaban J connectivity index is 1.30. The molecule has 168 valence electrons. The number of halogens is 1. The third kappa shape index (κ3) is 6.02. The molecule has 0 spiro atoms. The van der Waals surface area contributed by atoms with Crippen LogP contribution in [0, 0.1) is 12.7 Å². The first-order chi connectivity index (χ1) is 15.6. The molecule has 1 aliphatic rings. The summed E-state index contributed by atoms with van der Waals surface area (Å²) in [6, 6.07) is 17.1. The SMILES string of the molecule is Cc1nc(Cc2ccc(F)cc2)sc1C(=O)N1CCCN(CCCc2ccccc2)CC1. The number of aryl methyl sites for hydroxylation is 2. The van der Waals surface area contributed by atoms with E-state index in [0.29, 0.717) is 6.42 Å². The molecular formula is C26H30FN3OS. The molecule has 0 radical (unpaired) electrons. The lowest BCUT2D eigenvalue weighted by Gasteiger charge is -2.21. The van der Waals surface area contributed by atoms with Gasteiger partial charge >= 0.3 is 0 Å². The fourth-order valence-corrected chi connectivity index (χ4v) is 5.26. The van der Waals surface area contributed by atoms with Crippen molar-refractivity contribution >= 4 is 17.2 Å². The number of hydrogen-bond acceptors (Lipinski definition) is 4. The van der Waals surface area contributed by atoms with Gasteiger partial charge in [-0.25, -0.2) is 9.37 Å². The van der Waals surface area contributed by atoms with E-state index in [9.17, 15) is 9.18 Å². The van der Waals surface area contributed by atoms with Crippen LogP contribution in [0.3, 0.4) is 0 Å². The molecule has 1 amide bonds. The second-order valence-corrected chi connectivity index (χ2v) is 9.49. The highest BCUT2D eigenvalue weighted by atomic mass is 32.1. The Kier molecular flexibility index (Phi) is 7.66. The van der Waals surface area contributed by atoms with Crippen LogP contribution in [0.4, 0.5) is 4.39 Å². The zero-order chi connectivity index (χ0) is 22.3. The Labute approximate surface area is 193 Å². The Bertz CT molecular complexity index is 1020. The molecule has 3 aromatic rings. The topological polar surface area (TPSA) is 36.4 Å². The molecule has 0 N–H and O–H groups in total. The number of rotatable bonds is 7. The third-order valence-electron chi connectivity index (χ3n) is 5.96. The van der Waals surface area contributed by atoms with Crippen LogP contribution >= 0.6 is 11.3 Å². The van der Waals surface area contributed by atoms with Crippen LogP contribution in [0.15, 0.2) is 54.6 Å². The summed E-state index contributed by atoms with van der Waals surface area (Å²) in [6.45, 7) is 6.48. The van der Waals surface area contributed by atoms with Crippen LogP contribution in [0.2, 0.25) is 0 Å². The highest BCUT2D eigenvalue weighted by Crippen LogP contribution is 2.23. The average molecular weight is 452 g/mol. The Morgan fingerprint density at radius 2 is 1.78 bits per heavy atom. The molecule has 0 atom stereocenters. The highest BCUT2D eigenvalue weighted by Gasteiger charge is 2.24. The number of hydrogen-bond donors (Lipinski definition) is 0. The Hall–Kier alpha value is -2.57. The lowest BCUT2D eigenvalue weighted by Crippen LogP contribution is -2.35. The smallest absolute Gasteiger partial charge is 0.265 e. The summed E-state index contributed by atoms with van der Waals surface area (Å²) < 4.78 is 13.1. The summed E-state index contributed by atoms with van der Waals surface area (Å²) >= 11 is 1.47. The molecule has 4 rings (SSSR count). The monoisotopic (exact) mass is 451 g/mol. The fourth-order valence-electron chi connectivity index (χ4n) is 4.20. The number of aromatic nitrogens is 1. The molecule has 1 fully saturated rings. The van der Waals surface area contributed by atoms with Gasteiger partial charge in [-0.2, -0.15) is 0 Å². The average Bonchev–Trinajstić information content (AvgIpc) is 3.01. The van der Waals surface area contributed by atoms with Gasteiger partial charge in [-0.15, -0.1) is 11.3 Å². The minimum atomic E-state index is -0.241. The molecule has 1 aromatic heterocycles. The summed E-state index contributed by atoms with van der Waals surface area (Å²) in [5.41, 5.74) is 3.18. The maximum atomic E-state index is 13.2. The molecule has 0 unspecified atom stereocenters. The molecule has 6 heteroatoms. The van der Waals surface area contributed by atoms with E-state index in [1.54, 1.807) is 12.1 Å². The van der Waals surface area contributed by atoms with Crippen molar-refractivity contribution in [2.75, 3.05) is 32.7 Å². The van der Waals surface area contributed by atoms with Gasteiger partial charge in [0.2, 0.25) is 0 Å². The van der Waals surface area contributed by atoms with Crippen molar-refractivity contribution in [1.82, 2.24) is 14.8 Å². The van der Waals surface area contributed by atoms with Crippen molar-refractivity contribution in [1.29, 1.82) is 0 Å². The van der Waals surface area contributed by atoms with E-state index in [1.807, 2.05) is 11.8 Å². The van der Waals surface area contributed by atoms with Crippen molar-refractivity contribution in [3.8, 4) is 0 Å². The summed E-state index contributed by atoms with van der Waals surface area (Å²) in [5, 5.41) is 0.898. The van der Waals surface area contributed by atoms with Gasteiger partial charge in [0.15, 0.2) is 0 Å². The summed E-state index contributed by atoms with van der Waals surface area (Å²) in [6.07, 6.45) is 3.85. The molecule has 4 nitrogen and oxygen atoms in total. The number of amides is 1. The van der Waals surface area contributed by atoms with Crippen LogP contribution in [0.1, 0.15) is 44.3 Å². The van der Waals surface area contributed by atoms with Gasteiger partial charge in [-0.05, 0) is 62.5 Å². The van der Waals surface area contributed by atoms with E-state index >= 15 is 0 Å². The number of thiazole rings is 1. The molecule has 1 saturated heterocycles. The first kappa shape index (κ1) is 22.6. The van der Waals surface area contributed by atoms with Gasteiger partial charge in [0, 0.05) is 26.1 Å². The molecule has 0 saturated carbocycles. The van der Waals surface area contributed by atoms with Gasteiger partial charge < -0.3 is 9.80 Å². The van der Waals surface area contributed by atoms with Crippen LogP contribution < -0.4 is 0 Å². The highest BCUT2D eigenvalue weighted by molar-refractivity contribution is 7.13.